The van der Waals surface area contributed by atoms with Crippen LogP contribution in [0.2, 0.25) is 5.02 Å². The third kappa shape index (κ3) is 2.55. The molecule has 0 aromatic heterocycles. The van der Waals surface area contributed by atoms with Crippen LogP contribution in [0.4, 0.5) is 5.69 Å². The van der Waals surface area contributed by atoms with E-state index in [1.807, 2.05) is 24.3 Å². The predicted molar refractivity (Wildman–Crippen MR) is 79.0 cm³/mol. The van der Waals surface area contributed by atoms with Crippen molar-refractivity contribution in [1.82, 2.24) is 4.90 Å². The number of aliphatic hydroxyl groups is 1. The van der Waals surface area contributed by atoms with Gasteiger partial charge in [0.2, 0.25) is 5.91 Å². The van der Waals surface area contributed by atoms with Gasteiger partial charge in [-0.05, 0) is 31.4 Å². The molecule has 0 spiro atoms. The van der Waals surface area contributed by atoms with Crippen LogP contribution in [0, 0.1) is 0 Å². The van der Waals surface area contributed by atoms with E-state index < -0.39 is 0 Å². The number of likely N-dealkylation sites (tertiary alicyclic amines) is 1. The second kappa shape index (κ2) is 5.72. The lowest BCUT2D eigenvalue weighted by molar-refractivity contribution is -0.122. The van der Waals surface area contributed by atoms with E-state index in [1.165, 1.54) is 0 Å². The highest BCUT2D eigenvalue weighted by Gasteiger charge is 2.38. The van der Waals surface area contributed by atoms with Crippen LogP contribution in [0.5, 0.6) is 0 Å². The van der Waals surface area contributed by atoms with Gasteiger partial charge in [-0.2, -0.15) is 0 Å². The Kier molecular flexibility index (Phi) is 3.96. The molecule has 2 saturated heterocycles. The summed E-state index contributed by atoms with van der Waals surface area (Å²) in [7, 11) is 0. The molecule has 1 amide bonds. The number of hydrogen-bond donors (Lipinski definition) is 1. The number of anilines is 1. The highest BCUT2D eigenvalue weighted by Crippen LogP contribution is 2.31. The zero-order valence-electron chi connectivity index (χ0n) is 11.3. The van der Waals surface area contributed by atoms with Gasteiger partial charge in [-0.1, -0.05) is 23.7 Å². The fourth-order valence-electron chi connectivity index (χ4n) is 3.11. The number of piperidine rings is 1. The van der Waals surface area contributed by atoms with Gasteiger partial charge >= 0.3 is 0 Å². The number of nitrogens with zero attached hydrogens (tertiary/aromatic N) is 2. The molecule has 0 aliphatic carbocycles. The molecule has 2 aliphatic heterocycles. The summed E-state index contributed by atoms with van der Waals surface area (Å²) >= 11 is 6.18. The summed E-state index contributed by atoms with van der Waals surface area (Å²) in [6, 6.07) is 7.42. The number of para-hydroxylation sites is 1. The maximum absolute atomic E-state index is 12.6. The summed E-state index contributed by atoms with van der Waals surface area (Å²) in [4.78, 5) is 16.6. The zero-order valence-corrected chi connectivity index (χ0v) is 12.1. The van der Waals surface area contributed by atoms with Crippen LogP contribution in [0.3, 0.4) is 0 Å². The normalized spacial score (nSPS) is 25.4. The Morgan fingerprint density at radius 1 is 1.10 bits per heavy atom. The Hall–Kier alpha value is -1.10. The van der Waals surface area contributed by atoms with Crippen LogP contribution < -0.4 is 4.90 Å². The fourth-order valence-corrected chi connectivity index (χ4v) is 3.35. The standard InChI is InChI=1S/C15H19ClN2O2/c16-12-3-1-2-4-13(12)18-10-7-14(15(18)20)17-8-5-11(19)6-9-17/h1-4,11,14,19H,5-10H2. The van der Waals surface area contributed by atoms with Crippen molar-refractivity contribution in [3.8, 4) is 0 Å². The molecule has 5 heteroatoms. The minimum atomic E-state index is -0.206. The van der Waals surface area contributed by atoms with E-state index >= 15 is 0 Å². The van der Waals surface area contributed by atoms with Gasteiger partial charge in [0, 0.05) is 19.6 Å². The molecule has 2 fully saturated rings. The monoisotopic (exact) mass is 294 g/mol. The second-order valence-electron chi connectivity index (χ2n) is 5.51. The summed E-state index contributed by atoms with van der Waals surface area (Å²) in [6.07, 6.45) is 2.15. The Morgan fingerprint density at radius 3 is 2.50 bits per heavy atom. The summed E-state index contributed by atoms with van der Waals surface area (Å²) < 4.78 is 0. The van der Waals surface area contributed by atoms with Crippen LogP contribution in [-0.4, -0.2) is 47.7 Å². The number of halogens is 1. The van der Waals surface area contributed by atoms with E-state index in [-0.39, 0.29) is 18.1 Å². The maximum atomic E-state index is 12.6. The van der Waals surface area contributed by atoms with Crippen molar-refractivity contribution in [2.75, 3.05) is 24.5 Å². The molecule has 0 bridgehead atoms. The lowest BCUT2D eigenvalue weighted by atomic mass is 10.1. The lowest BCUT2D eigenvalue weighted by Crippen LogP contribution is -2.46. The Balaban J connectivity index is 1.73. The van der Waals surface area contributed by atoms with Crippen molar-refractivity contribution in [1.29, 1.82) is 0 Å². The van der Waals surface area contributed by atoms with Crippen molar-refractivity contribution in [2.45, 2.75) is 31.4 Å². The average molecular weight is 295 g/mol. The molecule has 4 nitrogen and oxygen atoms in total. The minimum absolute atomic E-state index is 0.0567. The summed E-state index contributed by atoms with van der Waals surface area (Å²) in [5, 5.41) is 10.2. The number of carbonyl (C=O) groups excluding carboxylic acids is 1. The molecule has 1 aromatic rings. The van der Waals surface area contributed by atoms with Crippen molar-refractivity contribution in [2.24, 2.45) is 0 Å². The van der Waals surface area contributed by atoms with Crippen molar-refractivity contribution >= 4 is 23.2 Å². The topological polar surface area (TPSA) is 43.8 Å². The number of aliphatic hydroxyl groups excluding tert-OH is 1. The van der Waals surface area contributed by atoms with Gasteiger partial charge in [0.15, 0.2) is 0 Å². The van der Waals surface area contributed by atoms with Gasteiger partial charge in [-0.15, -0.1) is 0 Å². The Morgan fingerprint density at radius 2 is 1.80 bits per heavy atom. The average Bonchev–Trinajstić information content (AvgIpc) is 2.82. The molecule has 1 atom stereocenters. The molecule has 1 unspecified atom stereocenters. The molecule has 1 N–H and O–H groups in total. The summed E-state index contributed by atoms with van der Waals surface area (Å²) in [5.74, 6) is 0.134. The van der Waals surface area contributed by atoms with Crippen molar-refractivity contribution in [3.05, 3.63) is 29.3 Å². The van der Waals surface area contributed by atoms with Gasteiger partial charge in [-0.25, -0.2) is 0 Å². The molecule has 20 heavy (non-hydrogen) atoms. The van der Waals surface area contributed by atoms with E-state index in [1.54, 1.807) is 4.90 Å². The van der Waals surface area contributed by atoms with Crippen LogP contribution in [0.25, 0.3) is 0 Å². The van der Waals surface area contributed by atoms with Gasteiger partial charge in [0.25, 0.3) is 0 Å². The van der Waals surface area contributed by atoms with Crippen LogP contribution in [-0.2, 0) is 4.79 Å². The fraction of sp³-hybridized carbons (Fsp3) is 0.533. The smallest absolute Gasteiger partial charge is 0.244 e. The molecule has 2 heterocycles. The SMILES string of the molecule is O=C1C(N2CCC(O)CC2)CCN1c1ccccc1Cl. The first kappa shape index (κ1) is 13.9. The third-order valence-corrected chi connectivity index (χ3v) is 4.58. The number of carbonyl (C=O) groups is 1. The molecule has 108 valence electrons. The highest BCUT2D eigenvalue weighted by molar-refractivity contribution is 6.33. The predicted octanol–water partition coefficient (Wildman–Crippen LogP) is 1.90. The van der Waals surface area contributed by atoms with Gasteiger partial charge in [0.05, 0.1) is 22.9 Å². The first-order chi connectivity index (χ1) is 9.66. The quantitative estimate of drug-likeness (QED) is 0.906. The maximum Gasteiger partial charge on any atom is 0.244 e. The molecule has 3 rings (SSSR count). The van der Waals surface area contributed by atoms with Crippen molar-refractivity contribution < 1.29 is 9.90 Å². The highest BCUT2D eigenvalue weighted by atomic mass is 35.5. The van der Waals surface area contributed by atoms with E-state index in [0.717, 1.165) is 38.0 Å². The van der Waals surface area contributed by atoms with Gasteiger partial charge in [0.1, 0.15) is 0 Å². The lowest BCUT2D eigenvalue weighted by Gasteiger charge is -2.33. The molecule has 2 aliphatic rings. The number of amides is 1. The largest absolute Gasteiger partial charge is 0.393 e. The van der Waals surface area contributed by atoms with E-state index in [9.17, 15) is 9.90 Å². The third-order valence-electron chi connectivity index (χ3n) is 4.26. The zero-order chi connectivity index (χ0) is 14.1. The van der Waals surface area contributed by atoms with E-state index in [0.29, 0.717) is 11.6 Å². The van der Waals surface area contributed by atoms with E-state index in [4.69, 9.17) is 11.6 Å². The number of hydrogen-bond acceptors (Lipinski definition) is 3. The number of benzene rings is 1. The molecular weight excluding hydrogens is 276 g/mol. The van der Waals surface area contributed by atoms with E-state index in [2.05, 4.69) is 4.90 Å². The van der Waals surface area contributed by atoms with Crippen LogP contribution in [0.15, 0.2) is 24.3 Å². The first-order valence-corrected chi connectivity index (χ1v) is 7.52. The summed E-state index contributed by atoms with van der Waals surface area (Å²) in [5.41, 5.74) is 0.804. The molecular formula is C15H19ClN2O2. The molecule has 1 aromatic carbocycles. The summed E-state index contributed by atoms with van der Waals surface area (Å²) in [6.45, 7) is 2.31. The Bertz CT molecular complexity index is 500. The van der Waals surface area contributed by atoms with Crippen LogP contribution in [0.1, 0.15) is 19.3 Å². The second-order valence-corrected chi connectivity index (χ2v) is 5.92. The first-order valence-electron chi connectivity index (χ1n) is 7.15. The minimum Gasteiger partial charge on any atom is -0.393 e. The number of rotatable bonds is 2. The van der Waals surface area contributed by atoms with Crippen molar-refractivity contribution in [3.63, 3.8) is 0 Å². The van der Waals surface area contributed by atoms with Crippen LogP contribution >= 0.6 is 11.6 Å². The van der Waals surface area contributed by atoms with Gasteiger partial charge in [-0.3, -0.25) is 9.69 Å². The van der Waals surface area contributed by atoms with Gasteiger partial charge < -0.3 is 10.0 Å². The molecule has 0 saturated carbocycles. The Labute approximate surface area is 123 Å². The molecule has 0 radical (unpaired) electrons.